The maximum absolute atomic E-state index is 12.5. The number of carbonyl (C=O) groups is 3. The Hall–Kier alpha value is -1.80. The number of halogens is 1. The maximum Gasteiger partial charge on any atom is 0.245 e. The third kappa shape index (κ3) is 31.4. The van der Waals surface area contributed by atoms with E-state index in [1.54, 1.807) is 0 Å². The van der Waals surface area contributed by atoms with Gasteiger partial charge in [0, 0.05) is 28.1 Å². The first-order chi connectivity index (χ1) is 26.0. The second-order valence-electron chi connectivity index (χ2n) is 13.8. The molecule has 2 amide bonds. The van der Waals surface area contributed by atoms with Gasteiger partial charge in [-0.25, -0.2) is 0 Å². The summed E-state index contributed by atoms with van der Waals surface area (Å²) in [6.07, 6.45) is 2.76. The summed E-state index contributed by atoms with van der Waals surface area (Å²) in [5.74, 6) is 0.0345. The largest absolute Gasteiger partial charge is 0.377 e. The number of carbonyl (C=O) groups excluding carboxylic acids is 3. The van der Waals surface area contributed by atoms with Gasteiger partial charge in [0.2, 0.25) is 11.8 Å². The number of nitrogens with one attached hydrogen (secondary N) is 3. The number of benzene rings is 1. The Morgan fingerprint density at radius 2 is 1.02 bits per heavy atom. The van der Waals surface area contributed by atoms with E-state index >= 15 is 0 Å². The van der Waals surface area contributed by atoms with E-state index in [0.29, 0.717) is 119 Å². The molecule has 0 radical (unpaired) electrons. The SMILES string of the molecule is CC(C)C(=O)[C@@H](CCCCNC(=O)COCCOCCOCCOCCOCCOCCOCCOCCNC(=O)Cc1ccc(I)cc1)NC(C)(C)C. The zero-order valence-electron chi connectivity index (χ0n) is 33.4. The quantitative estimate of drug-likeness (QED) is 0.0668. The van der Waals surface area contributed by atoms with Crippen molar-refractivity contribution < 1.29 is 52.3 Å². The first kappa shape index (κ1) is 50.2. The summed E-state index contributed by atoms with van der Waals surface area (Å²) in [6.45, 7) is 17.7. The van der Waals surface area contributed by atoms with Crippen LogP contribution in [0.4, 0.5) is 0 Å². The molecular weight excluding hydrogens is 813 g/mol. The second kappa shape index (κ2) is 33.4. The van der Waals surface area contributed by atoms with Crippen LogP contribution in [0.2, 0.25) is 0 Å². The molecule has 54 heavy (non-hydrogen) atoms. The van der Waals surface area contributed by atoms with Crippen LogP contribution in [0.15, 0.2) is 24.3 Å². The second-order valence-corrected chi connectivity index (χ2v) is 15.1. The third-order valence-corrected chi connectivity index (χ3v) is 8.16. The number of amides is 2. The van der Waals surface area contributed by atoms with E-state index in [1.807, 2.05) is 38.1 Å². The molecule has 0 aliphatic carbocycles. The fourth-order valence-electron chi connectivity index (χ4n) is 4.78. The van der Waals surface area contributed by atoms with Crippen molar-refractivity contribution >= 4 is 40.2 Å². The van der Waals surface area contributed by atoms with Gasteiger partial charge in [-0.05, 0) is 80.3 Å². The predicted octanol–water partition coefficient (Wildman–Crippen LogP) is 3.35. The standard InChI is InChI=1S/C39H68IN3O11/c1-32(2)38(46)35(43-39(3,4)5)8-6-7-13-41-37(45)31-54-29-28-53-27-26-52-25-24-51-23-22-50-21-20-49-19-18-48-17-16-47-15-14-42-36(44)30-33-9-11-34(40)12-10-33/h9-12,32,35,43H,6-8,13-31H2,1-5H3,(H,41,45)(H,42,44)/t35-/m1/s1. The number of Topliss-reactive ketones (excluding diaryl/α,β-unsaturated/α-hetero) is 1. The topological polar surface area (TPSA) is 161 Å². The molecule has 0 fully saturated rings. The Kier molecular flexibility index (Phi) is 31.0. The molecule has 312 valence electrons. The molecule has 0 saturated heterocycles. The monoisotopic (exact) mass is 881 g/mol. The van der Waals surface area contributed by atoms with Crippen LogP contribution in [0.1, 0.15) is 59.4 Å². The molecule has 1 aromatic rings. The first-order valence-corrected chi connectivity index (χ1v) is 20.3. The minimum atomic E-state index is -0.168. The van der Waals surface area contributed by atoms with Gasteiger partial charge in [0.15, 0.2) is 5.78 Å². The van der Waals surface area contributed by atoms with Crippen molar-refractivity contribution in [3.63, 3.8) is 0 Å². The van der Waals surface area contributed by atoms with Gasteiger partial charge in [0.25, 0.3) is 0 Å². The highest BCUT2D eigenvalue weighted by atomic mass is 127. The Balaban J connectivity index is 1.76. The molecule has 0 spiro atoms. The van der Waals surface area contributed by atoms with Gasteiger partial charge in [-0.2, -0.15) is 0 Å². The van der Waals surface area contributed by atoms with Crippen molar-refractivity contribution in [2.24, 2.45) is 5.92 Å². The minimum absolute atomic E-state index is 0.0127. The summed E-state index contributed by atoms with van der Waals surface area (Å²) in [7, 11) is 0. The van der Waals surface area contributed by atoms with Gasteiger partial charge in [-0.3, -0.25) is 14.4 Å². The smallest absolute Gasteiger partial charge is 0.245 e. The minimum Gasteiger partial charge on any atom is -0.377 e. The van der Waals surface area contributed by atoms with E-state index in [2.05, 4.69) is 59.3 Å². The summed E-state index contributed by atoms with van der Waals surface area (Å²) in [6, 6.07) is 7.73. The zero-order valence-corrected chi connectivity index (χ0v) is 35.5. The van der Waals surface area contributed by atoms with Gasteiger partial charge in [-0.1, -0.05) is 26.0 Å². The van der Waals surface area contributed by atoms with Crippen molar-refractivity contribution in [3.8, 4) is 0 Å². The van der Waals surface area contributed by atoms with E-state index in [4.69, 9.17) is 37.9 Å². The molecule has 14 nitrogen and oxygen atoms in total. The predicted molar refractivity (Wildman–Crippen MR) is 216 cm³/mol. The van der Waals surface area contributed by atoms with Crippen molar-refractivity contribution in [3.05, 3.63) is 33.4 Å². The summed E-state index contributed by atoms with van der Waals surface area (Å²) < 4.78 is 44.9. The van der Waals surface area contributed by atoms with Gasteiger partial charge < -0.3 is 53.8 Å². The Morgan fingerprint density at radius 3 is 1.46 bits per heavy atom. The molecule has 0 unspecified atom stereocenters. The molecule has 0 aliphatic heterocycles. The average molecular weight is 882 g/mol. The van der Waals surface area contributed by atoms with Crippen LogP contribution < -0.4 is 16.0 Å². The molecule has 0 aliphatic rings. The average Bonchev–Trinajstić information content (AvgIpc) is 3.12. The normalized spacial score (nSPS) is 12.3. The number of ketones is 1. The fraction of sp³-hybridized carbons (Fsp3) is 0.769. The van der Waals surface area contributed by atoms with E-state index in [0.717, 1.165) is 28.4 Å². The van der Waals surface area contributed by atoms with Crippen LogP contribution in [0, 0.1) is 9.49 Å². The van der Waals surface area contributed by atoms with Gasteiger partial charge in [0.05, 0.1) is 112 Å². The Bertz CT molecular complexity index is 1090. The van der Waals surface area contributed by atoms with Crippen molar-refractivity contribution in [1.82, 2.24) is 16.0 Å². The van der Waals surface area contributed by atoms with Crippen LogP contribution in [-0.4, -0.2) is 148 Å². The lowest BCUT2D eigenvalue weighted by Gasteiger charge is -2.29. The third-order valence-electron chi connectivity index (χ3n) is 7.45. The van der Waals surface area contributed by atoms with Crippen LogP contribution in [0.3, 0.4) is 0 Å². The maximum atomic E-state index is 12.5. The molecule has 0 heterocycles. The van der Waals surface area contributed by atoms with Gasteiger partial charge in [-0.15, -0.1) is 0 Å². The Morgan fingerprint density at radius 1 is 0.593 bits per heavy atom. The zero-order chi connectivity index (χ0) is 39.7. The lowest BCUT2D eigenvalue weighted by atomic mass is 9.94. The summed E-state index contributed by atoms with van der Waals surface area (Å²) in [5.41, 5.74) is 0.856. The van der Waals surface area contributed by atoms with Crippen molar-refractivity contribution in [1.29, 1.82) is 0 Å². The molecule has 0 aromatic heterocycles. The molecule has 0 saturated carbocycles. The highest BCUT2D eigenvalue weighted by Gasteiger charge is 2.25. The molecule has 1 atom stereocenters. The van der Waals surface area contributed by atoms with E-state index in [-0.39, 0.29) is 41.7 Å². The van der Waals surface area contributed by atoms with Crippen molar-refractivity contribution in [2.75, 3.05) is 119 Å². The molecule has 1 rings (SSSR count). The van der Waals surface area contributed by atoms with Crippen LogP contribution in [0.25, 0.3) is 0 Å². The molecular formula is C39H68IN3O11. The Labute approximate surface area is 337 Å². The highest BCUT2D eigenvalue weighted by molar-refractivity contribution is 14.1. The number of unbranched alkanes of at least 4 members (excludes halogenated alkanes) is 1. The first-order valence-electron chi connectivity index (χ1n) is 19.2. The number of hydrogen-bond acceptors (Lipinski definition) is 12. The summed E-state index contributed by atoms with van der Waals surface area (Å²) in [5, 5.41) is 9.14. The summed E-state index contributed by atoms with van der Waals surface area (Å²) in [4.78, 5) is 36.5. The van der Waals surface area contributed by atoms with E-state index in [1.165, 1.54) is 0 Å². The number of ether oxygens (including phenoxy) is 8. The highest BCUT2D eigenvalue weighted by Crippen LogP contribution is 2.12. The molecule has 0 bridgehead atoms. The van der Waals surface area contributed by atoms with Gasteiger partial charge in [0.1, 0.15) is 6.61 Å². The van der Waals surface area contributed by atoms with Crippen LogP contribution >= 0.6 is 22.6 Å². The van der Waals surface area contributed by atoms with E-state index in [9.17, 15) is 14.4 Å². The lowest BCUT2D eigenvalue weighted by Crippen LogP contribution is -2.49. The van der Waals surface area contributed by atoms with Gasteiger partial charge >= 0.3 is 0 Å². The van der Waals surface area contributed by atoms with Crippen LogP contribution in [-0.2, 0) is 58.7 Å². The number of hydrogen-bond donors (Lipinski definition) is 3. The molecule has 15 heteroatoms. The summed E-state index contributed by atoms with van der Waals surface area (Å²) >= 11 is 2.24. The number of rotatable bonds is 36. The van der Waals surface area contributed by atoms with Crippen molar-refractivity contribution in [2.45, 2.75) is 71.9 Å². The fourth-order valence-corrected chi connectivity index (χ4v) is 5.14. The molecule has 1 aromatic carbocycles. The molecule has 3 N–H and O–H groups in total. The lowest BCUT2D eigenvalue weighted by molar-refractivity contribution is -0.126. The van der Waals surface area contributed by atoms with Crippen LogP contribution in [0.5, 0.6) is 0 Å². The van der Waals surface area contributed by atoms with E-state index < -0.39 is 0 Å².